The maximum absolute atomic E-state index is 13.6. The summed E-state index contributed by atoms with van der Waals surface area (Å²) in [6, 6.07) is 9.01. The Morgan fingerprint density at radius 3 is 2.75 bits per heavy atom. The molecule has 1 N–H and O–H groups in total. The highest BCUT2D eigenvalue weighted by Gasteiger charge is 2.09. The van der Waals surface area contributed by atoms with Crippen molar-refractivity contribution >= 4 is 11.0 Å². The normalized spacial score (nSPS) is 10.9. The molecular weight excluding hydrogens is 262 g/mol. The van der Waals surface area contributed by atoms with E-state index in [9.17, 15) is 8.78 Å². The molecule has 0 amide bonds. The summed E-state index contributed by atoms with van der Waals surface area (Å²) < 4.78 is 31.6. The average Bonchev–Trinajstić information content (AvgIpc) is 2.83. The monoisotopic (exact) mass is 274 g/mol. The number of hydrogen-bond acceptors (Lipinski definition) is 2. The van der Waals surface area contributed by atoms with Crippen LogP contribution in [0, 0.1) is 11.6 Å². The van der Waals surface area contributed by atoms with Crippen molar-refractivity contribution < 1.29 is 13.5 Å². The lowest BCUT2D eigenvalue weighted by Crippen LogP contribution is -1.95. The van der Waals surface area contributed by atoms with Crippen LogP contribution in [0.2, 0.25) is 0 Å². The summed E-state index contributed by atoms with van der Waals surface area (Å²) >= 11 is 0. The van der Waals surface area contributed by atoms with Crippen molar-refractivity contribution in [2.45, 2.75) is 6.42 Å². The van der Waals surface area contributed by atoms with E-state index in [0.29, 0.717) is 11.4 Å². The third-order valence-electron chi connectivity index (χ3n) is 3.11. The zero-order valence-electron chi connectivity index (χ0n) is 10.8. The molecule has 5 heteroatoms. The quantitative estimate of drug-likeness (QED) is 0.794. The molecule has 3 aromatic rings. The lowest BCUT2D eigenvalue weighted by molar-refractivity contribution is 0.415. The number of fused-ring (bicyclic) bond motifs is 1. The van der Waals surface area contributed by atoms with Crippen molar-refractivity contribution in [3.05, 3.63) is 59.4 Å². The molecule has 0 radical (unpaired) electrons. The number of ether oxygens (including phenoxy) is 1. The van der Waals surface area contributed by atoms with Gasteiger partial charge in [0.2, 0.25) is 0 Å². The molecule has 0 spiro atoms. The number of methoxy groups -OCH3 is 1. The number of nitrogens with one attached hydrogen (secondary N) is 1. The maximum Gasteiger partial charge on any atom is 0.129 e. The van der Waals surface area contributed by atoms with Crippen molar-refractivity contribution in [1.82, 2.24) is 9.97 Å². The van der Waals surface area contributed by atoms with Gasteiger partial charge in [-0.2, -0.15) is 0 Å². The van der Waals surface area contributed by atoms with Crippen LogP contribution in [0.4, 0.5) is 8.78 Å². The Bertz CT molecular complexity index is 768. The van der Waals surface area contributed by atoms with Crippen LogP contribution in [0.15, 0.2) is 36.4 Å². The van der Waals surface area contributed by atoms with Crippen LogP contribution in [-0.2, 0) is 6.42 Å². The standard InChI is InChI=1S/C15H12F2N2O/c1-20-11-4-5-13-14(8-11)19-15(18-13)6-9-2-3-10(16)7-12(9)17/h2-5,7-8H,6H2,1H3,(H,18,19). The van der Waals surface area contributed by atoms with Gasteiger partial charge >= 0.3 is 0 Å². The molecule has 3 rings (SSSR count). The second kappa shape index (κ2) is 4.92. The van der Waals surface area contributed by atoms with Crippen LogP contribution in [0.1, 0.15) is 11.4 Å². The van der Waals surface area contributed by atoms with Gasteiger partial charge in [-0.3, -0.25) is 0 Å². The first-order valence-electron chi connectivity index (χ1n) is 6.12. The third kappa shape index (κ3) is 2.34. The molecular formula is C15H12F2N2O. The predicted octanol–water partition coefficient (Wildman–Crippen LogP) is 3.44. The molecule has 3 nitrogen and oxygen atoms in total. The molecule has 0 saturated carbocycles. The number of nitrogens with zero attached hydrogens (tertiary/aromatic N) is 1. The minimum absolute atomic E-state index is 0.281. The fraction of sp³-hybridized carbons (Fsp3) is 0.133. The van der Waals surface area contributed by atoms with Crippen LogP contribution in [-0.4, -0.2) is 17.1 Å². The van der Waals surface area contributed by atoms with E-state index in [1.807, 2.05) is 18.2 Å². The fourth-order valence-electron chi connectivity index (χ4n) is 2.10. The smallest absolute Gasteiger partial charge is 0.129 e. The molecule has 2 aromatic carbocycles. The van der Waals surface area contributed by atoms with E-state index in [-0.39, 0.29) is 6.42 Å². The van der Waals surface area contributed by atoms with Crippen molar-refractivity contribution in [2.24, 2.45) is 0 Å². The van der Waals surface area contributed by atoms with Crippen molar-refractivity contribution in [2.75, 3.05) is 7.11 Å². The first-order valence-corrected chi connectivity index (χ1v) is 6.12. The molecule has 0 aliphatic heterocycles. The number of hydrogen-bond donors (Lipinski definition) is 1. The topological polar surface area (TPSA) is 37.9 Å². The van der Waals surface area contributed by atoms with E-state index in [1.54, 1.807) is 7.11 Å². The van der Waals surface area contributed by atoms with Gasteiger partial charge in [0.05, 0.1) is 18.1 Å². The summed E-state index contributed by atoms with van der Waals surface area (Å²) in [5.41, 5.74) is 2.00. The number of aromatic nitrogens is 2. The minimum Gasteiger partial charge on any atom is -0.497 e. The first-order chi connectivity index (χ1) is 9.65. The van der Waals surface area contributed by atoms with E-state index in [1.165, 1.54) is 12.1 Å². The summed E-state index contributed by atoms with van der Waals surface area (Å²) in [5.74, 6) is 0.197. The number of rotatable bonds is 3. The van der Waals surface area contributed by atoms with Gasteiger partial charge in [0.1, 0.15) is 23.2 Å². The van der Waals surface area contributed by atoms with Crippen molar-refractivity contribution in [3.63, 3.8) is 0 Å². The number of halogens is 2. The van der Waals surface area contributed by atoms with Crippen LogP contribution in [0.25, 0.3) is 11.0 Å². The van der Waals surface area contributed by atoms with Crippen LogP contribution in [0.3, 0.4) is 0 Å². The lowest BCUT2D eigenvalue weighted by Gasteiger charge is -2.00. The van der Waals surface area contributed by atoms with Crippen LogP contribution >= 0.6 is 0 Å². The SMILES string of the molecule is COc1ccc2nc(Cc3ccc(F)cc3F)[nH]c2c1. The highest BCUT2D eigenvalue weighted by atomic mass is 19.1. The molecule has 0 unspecified atom stereocenters. The van der Waals surface area contributed by atoms with Gasteiger partial charge < -0.3 is 9.72 Å². The molecule has 0 saturated heterocycles. The van der Waals surface area contributed by atoms with Gasteiger partial charge in [-0.05, 0) is 23.8 Å². The lowest BCUT2D eigenvalue weighted by atomic mass is 10.1. The van der Waals surface area contributed by atoms with Crippen molar-refractivity contribution in [3.8, 4) is 5.75 Å². The van der Waals surface area contributed by atoms with Gasteiger partial charge in [0.25, 0.3) is 0 Å². The summed E-state index contributed by atoms with van der Waals surface area (Å²) in [6.07, 6.45) is 0.281. The number of imidazole rings is 1. The third-order valence-corrected chi connectivity index (χ3v) is 3.11. The predicted molar refractivity (Wildman–Crippen MR) is 71.8 cm³/mol. The molecule has 102 valence electrons. The van der Waals surface area contributed by atoms with Crippen LogP contribution in [0.5, 0.6) is 5.75 Å². The van der Waals surface area contributed by atoms with Gasteiger partial charge in [0, 0.05) is 18.6 Å². The zero-order chi connectivity index (χ0) is 14.1. The van der Waals surface area contributed by atoms with E-state index < -0.39 is 11.6 Å². The number of H-pyrrole nitrogens is 1. The summed E-state index contributed by atoms with van der Waals surface area (Å²) in [7, 11) is 1.59. The highest BCUT2D eigenvalue weighted by Crippen LogP contribution is 2.20. The maximum atomic E-state index is 13.6. The Kier molecular flexibility index (Phi) is 3.10. The highest BCUT2D eigenvalue weighted by molar-refractivity contribution is 5.76. The summed E-state index contributed by atoms with van der Waals surface area (Å²) in [5, 5.41) is 0. The zero-order valence-corrected chi connectivity index (χ0v) is 10.8. The number of aromatic amines is 1. The molecule has 1 heterocycles. The number of benzene rings is 2. The average molecular weight is 274 g/mol. The first kappa shape index (κ1) is 12.6. The summed E-state index contributed by atoms with van der Waals surface area (Å²) in [4.78, 5) is 7.48. The van der Waals surface area contributed by atoms with E-state index >= 15 is 0 Å². The largest absolute Gasteiger partial charge is 0.497 e. The molecule has 1 aromatic heterocycles. The molecule has 20 heavy (non-hydrogen) atoms. The van der Waals surface area contributed by atoms with Gasteiger partial charge in [-0.1, -0.05) is 6.07 Å². The van der Waals surface area contributed by atoms with Gasteiger partial charge in [0.15, 0.2) is 0 Å². The second-order valence-electron chi connectivity index (χ2n) is 4.48. The van der Waals surface area contributed by atoms with Crippen molar-refractivity contribution in [1.29, 1.82) is 0 Å². The Labute approximate surface area is 114 Å². The fourth-order valence-corrected chi connectivity index (χ4v) is 2.10. The van der Waals surface area contributed by atoms with E-state index in [0.717, 1.165) is 22.8 Å². The Morgan fingerprint density at radius 2 is 2.00 bits per heavy atom. The summed E-state index contributed by atoms with van der Waals surface area (Å²) in [6.45, 7) is 0. The molecule has 0 bridgehead atoms. The van der Waals surface area contributed by atoms with E-state index in [2.05, 4.69) is 9.97 Å². The Balaban J connectivity index is 1.94. The molecule has 0 atom stereocenters. The Morgan fingerprint density at radius 1 is 1.15 bits per heavy atom. The minimum atomic E-state index is -0.583. The van der Waals surface area contributed by atoms with Gasteiger partial charge in [-0.15, -0.1) is 0 Å². The molecule has 0 fully saturated rings. The Hall–Kier alpha value is -2.43. The van der Waals surface area contributed by atoms with E-state index in [4.69, 9.17) is 4.74 Å². The van der Waals surface area contributed by atoms with Crippen LogP contribution < -0.4 is 4.74 Å². The van der Waals surface area contributed by atoms with Gasteiger partial charge in [-0.25, -0.2) is 13.8 Å². The second-order valence-corrected chi connectivity index (χ2v) is 4.48. The molecule has 0 aliphatic rings. The molecule has 0 aliphatic carbocycles.